The Bertz CT molecular complexity index is 530. The third kappa shape index (κ3) is 5.29. The maximum atomic E-state index is 12.7. The average molecular weight is 363 g/mol. The highest BCUT2D eigenvalue weighted by atomic mass is 16.7. The highest BCUT2D eigenvalue weighted by Gasteiger charge is 2.40. The monoisotopic (exact) mass is 363 g/mol. The summed E-state index contributed by atoms with van der Waals surface area (Å²) in [5, 5.41) is 0. The zero-order valence-electron chi connectivity index (χ0n) is 16.5. The second-order valence-corrected chi connectivity index (χ2v) is 6.66. The lowest BCUT2D eigenvalue weighted by molar-refractivity contribution is -0.185. The largest absolute Gasteiger partial charge is 0.465 e. The molecule has 0 bridgehead atoms. The SMILES string of the molecule is CCOC(=O)[C@H]1CC(C(OCC)OCC)CCN1[C@@H](C)c1ccccc1. The molecule has 1 aromatic rings. The van der Waals surface area contributed by atoms with Crippen LogP contribution in [0.5, 0.6) is 0 Å². The minimum Gasteiger partial charge on any atom is -0.465 e. The van der Waals surface area contributed by atoms with Crippen LogP contribution in [0.15, 0.2) is 30.3 Å². The van der Waals surface area contributed by atoms with Gasteiger partial charge in [0.15, 0.2) is 6.29 Å². The van der Waals surface area contributed by atoms with E-state index in [0.29, 0.717) is 26.2 Å². The van der Waals surface area contributed by atoms with Crippen LogP contribution >= 0.6 is 0 Å². The fourth-order valence-electron chi connectivity index (χ4n) is 3.76. The van der Waals surface area contributed by atoms with Gasteiger partial charge in [0.2, 0.25) is 0 Å². The van der Waals surface area contributed by atoms with Crippen LogP contribution < -0.4 is 0 Å². The summed E-state index contributed by atoms with van der Waals surface area (Å²) < 4.78 is 17.0. The highest BCUT2D eigenvalue weighted by Crippen LogP contribution is 2.34. The number of nitrogens with zero attached hydrogens (tertiary/aromatic N) is 1. The third-order valence-corrected chi connectivity index (χ3v) is 5.07. The summed E-state index contributed by atoms with van der Waals surface area (Å²) in [6, 6.07) is 10.2. The van der Waals surface area contributed by atoms with Gasteiger partial charge in [-0.1, -0.05) is 30.3 Å². The summed E-state index contributed by atoms with van der Waals surface area (Å²) in [5.41, 5.74) is 1.21. The number of carbonyl (C=O) groups is 1. The van der Waals surface area contributed by atoms with Crippen molar-refractivity contribution in [2.75, 3.05) is 26.4 Å². The molecule has 1 aromatic carbocycles. The topological polar surface area (TPSA) is 48.0 Å². The summed E-state index contributed by atoms with van der Waals surface area (Å²) in [4.78, 5) is 14.9. The molecule has 0 amide bonds. The lowest BCUT2D eigenvalue weighted by Gasteiger charge is -2.43. The predicted molar refractivity (Wildman–Crippen MR) is 102 cm³/mol. The van der Waals surface area contributed by atoms with Crippen molar-refractivity contribution in [3.8, 4) is 0 Å². The molecule has 26 heavy (non-hydrogen) atoms. The van der Waals surface area contributed by atoms with Gasteiger partial charge in [-0.2, -0.15) is 0 Å². The minimum absolute atomic E-state index is 0.147. The molecular formula is C21H33NO4. The van der Waals surface area contributed by atoms with Crippen LogP contribution in [-0.2, 0) is 19.0 Å². The van der Waals surface area contributed by atoms with Crippen LogP contribution in [0.4, 0.5) is 0 Å². The molecule has 1 aliphatic heterocycles. The molecule has 1 aliphatic rings. The molecule has 0 N–H and O–H groups in total. The van der Waals surface area contributed by atoms with E-state index in [0.717, 1.165) is 13.0 Å². The Balaban J connectivity index is 2.17. The number of likely N-dealkylation sites (tertiary alicyclic amines) is 1. The second kappa shape index (κ2) is 10.7. The van der Waals surface area contributed by atoms with Crippen LogP contribution in [0, 0.1) is 5.92 Å². The smallest absolute Gasteiger partial charge is 0.323 e. The molecule has 0 spiro atoms. The second-order valence-electron chi connectivity index (χ2n) is 6.66. The number of rotatable bonds is 9. The molecule has 0 aromatic heterocycles. The molecule has 1 fully saturated rings. The molecule has 0 saturated carbocycles. The third-order valence-electron chi connectivity index (χ3n) is 5.07. The molecule has 1 heterocycles. The molecule has 2 rings (SSSR count). The summed E-state index contributed by atoms with van der Waals surface area (Å²) in [6.07, 6.45) is 1.38. The molecule has 1 saturated heterocycles. The van der Waals surface area contributed by atoms with E-state index in [9.17, 15) is 4.79 Å². The first kappa shape index (κ1) is 20.9. The van der Waals surface area contributed by atoms with Gasteiger partial charge in [-0.3, -0.25) is 9.69 Å². The lowest BCUT2D eigenvalue weighted by Crippen LogP contribution is -2.51. The molecule has 0 radical (unpaired) electrons. The van der Waals surface area contributed by atoms with E-state index in [-0.39, 0.29) is 30.3 Å². The van der Waals surface area contributed by atoms with Crippen LogP contribution in [0.1, 0.15) is 52.1 Å². The Kier molecular flexibility index (Phi) is 8.55. The molecule has 146 valence electrons. The van der Waals surface area contributed by atoms with Gasteiger partial charge >= 0.3 is 5.97 Å². The van der Waals surface area contributed by atoms with Crippen LogP contribution in [-0.4, -0.2) is 49.6 Å². The van der Waals surface area contributed by atoms with Crippen molar-refractivity contribution in [1.29, 1.82) is 0 Å². The van der Waals surface area contributed by atoms with E-state index >= 15 is 0 Å². The average Bonchev–Trinajstić information content (AvgIpc) is 2.67. The zero-order valence-corrected chi connectivity index (χ0v) is 16.5. The summed E-state index contributed by atoms with van der Waals surface area (Å²) >= 11 is 0. The van der Waals surface area contributed by atoms with E-state index in [2.05, 4.69) is 24.0 Å². The van der Waals surface area contributed by atoms with Crippen molar-refractivity contribution in [2.24, 2.45) is 5.92 Å². The van der Waals surface area contributed by atoms with Gasteiger partial charge in [-0.25, -0.2) is 0 Å². The van der Waals surface area contributed by atoms with Gasteiger partial charge in [0.05, 0.1) is 6.61 Å². The normalized spacial score (nSPS) is 22.3. The van der Waals surface area contributed by atoms with Gasteiger partial charge in [-0.15, -0.1) is 0 Å². The van der Waals surface area contributed by atoms with Crippen molar-refractivity contribution in [1.82, 2.24) is 4.90 Å². The molecule has 5 heteroatoms. The molecule has 5 nitrogen and oxygen atoms in total. The maximum Gasteiger partial charge on any atom is 0.323 e. The van der Waals surface area contributed by atoms with E-state index in [1.54, 1.807) is 0 Å². The van der Waals surface area contributed by atoms with Crippen molar-refractivity contribution in [2.45, 2.75) is 58.9 Å². The van der Waals surface area contributed by atoms with Crippen molar-refractivity contribution in [3.05, 3.63) is 35.9 Å². The Morgan fingerprint density at radius 1 is 1.12 bits per heavy atom. The molecule has 0 aliphatic carbocycles. The van der Waals surface area contributed by atoms with Crippen molar-refractivity contribution < 1.29 is 19.0 Å². The zero-order chi connectivity index (χ0) is 18.9. The van der Waals surface area contributed by atoms with Gasteiger partial charge in [0.1, 0.15) is 6.04 Å². The highest BCUT2D eigenvalue weighted by molar-refractivity contribution is 5.76. The van der Waals surface area contributed by atoms with Gasteiger partial charge in [-0.05, 0) is 46.1 Å². The summed E-state index contributed by atoms with van der Waals surface area (Å²) in [7, 11) is 0. The first-order valence-corrected chi connectivity index (χ1v) is 9.82. The fraction of sp³-hybridized carbons (Fsp3) is 0.667. The summed E-state index contributed by atoms with van der Waals surface area (Å²) in [6.45, 7) is 10.4. The molecular weight excluding hydrogens is 330 g/mol. The number of esters is 1. The van der Waals surface area contributed by atoms with E-state index in [1.807, 2.05) is 39.0 Å². The van der Waals surface area contributed by atoms with Crippen LogP contribution in [0.25, 0.3) is 0 Å². The first-order valence-electron chi connectivity index (χ1n) is 9.82. The quantitative estimate of drug-likeness (QED) is 0.493. The number of hydrogen-bond acceptors (Lipinski definition) is 5. The van der Waals surface area contributed by atoms with Crippen LogP contribution in [0.2, 0.25) is 0 Å². The number of ether oxygens (including phenoxy) is 3. The molecule has 3 atom stereocenters. The van der Waals surface area contributed by atoms with Crippen LogP contribution in [0.3, 0.4) is 0 Å². The predicted octanol–water partition coefficient (Wildman–Crippen LogP) is 3.79. The van der Waals surface area contributed by atoms with E-state index in [1.165, 1.54) is 5.56 Å². The Morgan fingerprint density at radius 3 is 2.35 bits per heavy atom. The van der Waals surface area contributed by atoms with Crippen molar-refractivity contribution >= 4 is 5.97 Å². The first-order chi connectivity index (χ1) is 12.6. The summed E-state index contributed by atoms with van der Waals surface area (Å²) in [5.74, 6) is 0.0512. The Labute approximate surface area is 157 Å². The Hall–Kier alpha value is -1.43. The van der Waals surface area contributed by atoms with Crippen molar-refractivity contribution in [3.63, 3.8) is 0 Å². The minimum atomic E-state index is -0.271. The number of hydrogen-bond donors (Lipinski definition) is 0. The van der Waals surface area contributed by atoms with E-state index < -0.39 is 0 Å². The van der Waals surface area contributed by atoms with Gasteiger partial charge in [0, 0.05) is 31.7 Å². The van der Waals surface area contributed by atoms with E-state index in [4.69, 9.17) is 14.2 Å². The van der Waals surface area contributed by atoms with Gasteiger partial charge in [0.25, 0.3) is 0 Å². The maximum absolute atomic E-state index is 12.7. The fourth-order valence-corrected chi connectivity index (χ4v) is 3.76. The number of carbonyl (C=O) groups excluding carboxylic acids is 1. The number of piperidine rings is 1. The number of benzene rings is 1. The Morgan fingerprint density at radius 2 is 1.77 bits per heavy atom. The standard InChI is InChI=1S/C21H33NO4/c1-5-24-20(23)19-15-18(21(25-6-2)26-7-3)13-14-22(19)16(4)17-11-9-8-10-12-17/h8-12,16,18-19,21H,5-7,13-15H2,1-4H3/t16-,18?,19+/m0/s1. The van der Waals surface area contributed by atoms with Gasteiger partial charge < -0.3 is 14.2 Å². The lowest BCUT2D eigenvalue weighted by atomic mass is 9.88. The molecule has 1 unspecified atom stereocenters.